The van der Waals surface area contributed by atoms with Crippen molar-refractivity contribution in [1.82, 2.24) is 4.98 Å². The monoisotopic (exact) mass is 358 g/mol. The van der Waals surface area contributed by atoms with E-state index in [2.05, 4.69) is 4.98 Å². The summed E-state index contributed by atoms with van der Waals surface area (Å²) in [7, 11) is 1.35. The summed E-state index contributed by atoms with van der Waals surface area (Å²) in [6.45, 7) is 5.59. The molecule has 0 aliphatic rings. The quantitative estimate of drug-likeness (QED) is 0.750. The molecule has 0 radical (unpaired) electrons. The third kappa shape index (κ3) is 4.28. The molecule has 1 aromatic carbocycles. The highest BCUT2D eigenvalue weighted by molar-refractivity contribution is 6.32. The predicted octanol–water partition coefficient (Wildman–Crippen LogP) is 4.16. The molecule has 25 heavy (non-hydrogen) atoms. The highest BCUT2D eigenvalue weighted by atomic mass is 35.5. The van der Waals surface area contributed by atoms with Crippen LogP contribution in [0.1, 0.15) is 25.0 Å². The average Bonchev–Trinajstić information content (AvgIpc) is 2.59. The lowest BCUT2D eigenvalue weighted by Crippen LogP contribution is -2.32. The Morgan fingerprint density at radius 3 is 2.64 bits per heavy atom. The molecule has 1 heterocycles. The van der Waals surface area contributed by atoms with Crippen LogP contribution in [-0.4, -0.2) is 24.7 Å². The SMILES string of the molecule is COC(=O)C(C)(C)COc1cc(C)c(-c2ccc(C#N)c(Cl)c2)cn1. The van der Waals surface area contributed by atoms with Crippen LogP contribution in [0.4, 0.5) is 0 Å². The van der Waals surface area contributed by atoms with Gasteiger partial charge in [-0.2, -0.15) is 5.26 Å². The zero-order valence-electron chi connectivity index (χ0n) is 14.6. The van der Waals surface area contributed by atoms with E-state index in [0.29, 0.717) is 16.5 Å². The van der Waals surface area contributed by atoms with Crippen LogP contribution in [0.5, 0.6) is 5.88 Å². The molecule has 0 unspecified atom stereocenters. The number of ether oxygens (including phenoxy) is 2. The van der Waals surface area contributed by atoms with E-state index in [9.17, 15) is 4.79 Å². The van der Waals surface area contributed by atoms with Gasteiger partial charge in [0.05, 0.1) is 23.1 Å². The van der Waals surface area contributed by atoms with Crippen molar-refractivity contribution in [2.45, 2.75) is 20.8 Å². The lowest BCUT2D eigenvalue weighted by molar-refractivity contribution is -0.152. The Kier molecular flexibility index (Phi) is 5.66. The van der Waals surface area contributed by atoms with E-state index in [1.807, 2.05) is 19.1 Å². The molecule has 6 heteroatoms. The molecular formula is C19H19ClN2O3. The minimum Gasteiger partial charge on any atom is -0.476 e. The molecular weight excluding hydrogens is 340 g/mol. The molecule has 130 valence electrons. The van der Waals surface area contributed by atoms with Gasteiger partial charge in [0.2, 0.25) is 5.88 Å². The number of nitriles is 1. The summed E-state index contributed by atoms with van der Waals surface area (Å²) in [4.78, 5) is 16.0. The van der Waals surface area contributed by atoms with E-state index in [4.69, 9.17) is 26.3 Å². The van der Waals surface area contributed by atoms with Crippen LogP contribution in [0.3, 0.4) is 0 Å². The first-order valence-corrected chi connectivity index (χ1v) is 8.04. The number of methoxy groups -OCH3 is 1. The molecule has 0 atom stereocenters. The van der Waals surface area contributed by atoms with E-state index in [0.717, 1.165) is 16.7 Å². The molecule has 0 bridgehead atoms. The largest absolute Gasteiger partial charge is 0.476 e. The van der Waals surface area contributed by atoms with E-state index in [1.54, 1.807) is 38.2 Å². The van der Waals surface area contributed by atoms with Crippen molar-refractivity contribution in [3.8, 4) is 23.1 Å². The minimum absolute atomic E-state index is 0.161. The number of aryl methyl sites for hydroxylation is 1. The molecule has 0 aliphatic heterocycles. The van der Waals surface area contributed by atoms with Gasteiger partial charge < -0.3 is 9.47 Å². The van der Waals surface area contributed by atoms with Crippen LogP contribution in [0.2, 0.25) is 5.02 Å². The Morgan fingerprint density at radius 2 is 2.08 bits per heavy atom. The number of benzene rings is 1. The van der Waals surface area contributed by atoms with Crippen LogP contribution in [0.15, 0.2) is 30.5 Å². The predicted molar refractivity (Wildman–Crippen MR) is 95.4 cm³/mol. The van der Waals surface area contributed by atoms with Gasteiger partial charge in [0, 0.05) is 17.8 Å². The minimum atomic E-state index is -0.760. The van der Waals surface area contributed by atoms with E-state index < -0.39 is 5.41 Å². The Labute approximate surface area is 152 Å². The molecule has 0 fully saturated rings. The summed E-state index contributed by atoms with van der Waals surface area (Å²) < 4.78 is 10.4. The lowest BCUT2D eigenvalue weighted by atomic mass is 9.95. The fourth-order valence-corrected chi connectivity index (χ4v) is 2.50. The highest BCUT2D eigenvalue weighted by Gasteiger charge is 2.30. The molecule has 0 saturated carbocycles. The molecule has 0 saturated heterocycles. The number of rotatable bonds is 5. The number of aromatic nitrogens is 1. The molecule has 0 N–H and O–H groups in total. The first kappa shape index (κ1) is 18.8. The number of pyridine rings is 1. The molecule has 0 amide bonds. The lowest BCUT2D eigenvalue weighted by Gasteiger charge is -2.21. The van der Waals surface area contributed by atoms with Gasteiger partial charge in [-0.3, -0.25) is 4.79 Å². The van der Waals surface area contributed by atoms with Gasteiger partial charge in [0.15, 0.2) is 0 Å². The summed E-state index contributed by atoms with van der Waals surface area (Å²) in [5.41, 5.74) is 2.38. The second kappa shape index (κ2) is 7.54. The van der Waals surface area contributed by atoms with E-state index in [1.165, 1.54) is 7.11 Å². The molecule has 5 nitrogen and oxygen atoms in total. The third-order valence-corrected chi connectivity index (χ3v) is 4.12. The van der Waals surface area contributed by atoms with Gasteiger partial charge in [-0.15, -0.1) is 0 Å². The van der Waals surface area contributed by atoms with Crippen molar-refractivity contribution in [3.05, 3.63) is 46.6 Å². The fraction of sp³-hybridized carbons (Fsp3) is 0.316. The maximum absolute atomic E-state index is 11.7. The number of carbonyl (C=O) groups is 1. The first-order chi connectivity index (χ1) is 11.8. The van der Waals surface area contributed by atoms with Crippen LogP contribution >= 0.6 is 11.6 Å². The molecule has 2 rings (SSSR count). The number of hydrogen-bond donors (Lipinski definition) is 0. The highest BCUT2D eigenvalue weighted by Crippen LogP contribution is 2.29. The number of carbonyl (C=O) groups excluding carboxylic acids is 1. The van der Waals surface area contributed by atoms with Crippen molar-refractivity contribution in [2.75, 3.05) is 13.7 Å². The number of hydrogen-bond acceptors (Lipinski definition) is 5. The van der Waals surface area contributed by atoms with Gasteiger partial charge in [-0.05, 0) is 44.0 Å². The Balaban J connectivity index is 2.20. The van der Waals surface area contributed by atoms with Crippen LogP contribution in [0.25, 0.3) is 11.1 Å². The second-order valence-electron chi connectivity index (χ2n) is 6.31. The Bertz CT molecular complexity index is 841. The summed E-state index contributed by atoms with van der Waals surface area (Å²) in [5.74, 6) is 0.0889. The number of nitrogens with zero attached hydrogens (tertiary/aromatic N) is 2. The van der Waals surface area contributed by atoms with Crippen molar-refractivity contribution in [3.63, 3.8) is 0 Å². The number of halogens is 1. The van der Waals surface area contributed by atoms with Crippen molar-refractivity contribution < 1.29 is 14.3 Å². The summed E-state index contributed by atoms with van der Waals surface area (Å²) >= 11 is 6.09. The van der Waals surface area contributed by atoms with Crippen molar-refractivity contribution in [2.24, 2.45) is 5.41 Å². The van der Waals surface area contributed by atoms with Crippen molar-refractivity contribution in [1.29, 1.82) is 5.26 Å². The Hall–Kier alpha value is -2.58. The zero-order chi connectivity index (χ0) is 18.6. The van der Waals surface area contributed by atoms with Gasteiger partial charge in [-0.1, -0.05) is 17.7 Å². The Morgan fingerprint density at radius 1 is 1.36 bits per heavy atom. The maximum Gasteiger partial charge on any atom is 0.314 e. The maximum atomic E-state index is 11.7. The van der Waals surface area contributed by atoms with E-state index >= 15 is 0 Å². The van der Waals surface area contributed by atoms with Gasteiger partial charge in [0.1, 0.15) is 12.7 Å². The van der Waals surface area contributed by atoms with Crippen LogP contribution in [-0.2, 0) is 9.53 Å². The first-order valence-electron chi connectivity index (χ1n) is 7.66. The smallest absolute Gasteiger partial charge is 0.314 e. The third-order valence-electron chi connectivity index (χ3n) is 3.81. The van der Waals surface area contributed by atoms with E-state index in [-0.39, 0.29) is 12.6 Å². The normalized spacial score (nSPS) is 10.9. The zero-order valence-corrected chi connectivity index (χ0v) is 15.3. The van der Waals surface area contributed by atoms with Gasteiger partial charge in [0.25, 0.3) is 0 Å². The van der Waals surface area contributed by atoms with Crippen molar-refractivity contribution >= 4 is 17.6 Å². The van der Waals surface area contributed by atoms with Gasteiger partial charge >= 0.3 is 5.97 Å². The summed E-state index contributed by atoms with van der Waals surface area (Å²) in [6.07, 6.45) is 1.69. The summed E-state index contributed by atoms with van der Waals surface area (Å²) in [6, 6.07) is 9.09. The molecule has 0 spiro atoms. The second-order valence-corrected chi connectivity index (χ2v) is 6.72. The fourth-order valence-electron chi connectivity index (χ4n) is 2.27. The average molecular weight is 359 g/mol. The molecule has 0 aliphatic carbocycles. The van der Waals surface area contributed by atoms with Crippen LogP contribution in [0, 0.1) is 23.7 Å². The standard InChI is InChI=1S/C19H19ClN2O3/c1-12-7-17(25-11-19(2,3)18(23)24-4)22-10-15(12)13-5-6-14(9-21)16(20)8-13/h5-8,10H,11H2,1-4H3. The topological polar surface area (TPSA) is 72.2 Å². The molecule has 2 aromatic rings. The number of esters is 1. The summed E-state index contributed by atoms with van der Waals surface area (Å²) in [5, 5.41) is 9.36. The molecule has 1 aromatic heterocycles. The van der Waals surface area contributed by atoms with Gasteiger partial charge in [-0.25, -0.2) is 4.98 Å². The van der Waals surface area contributed by atoms with Crippen LogP contribution < -0.4 is 4.74 Å².